The van der Waals surface area contributed by atoms with Crippen LogP contribution in [0.2, 0.25) is 5.02 Å². The van der Waals surface area contributed by atoms with Gasteiger partial charge < -0.3 is 15.7 Å². The van der Waals surface area contributed by atoms with Crippen molar-refractivity contribution in [1.29, 1.82) is 0 Å². The van der Waals surface area contributed by atoms with E-state index in [0.717, 1.165) is 11.6 Å². The van der Waals surface area contributed by atoms with Crippen molar-refractivity contribution in [2.24, 2.45) is 0 Å². The number of hydrogen-bond acceptors (Lipinski definition) is 3. The van der Waals surface area contributed by atoms with Crippen molar-refractivity contribution >= 4 is 34.7 Å². The highest BCUT2D eigenvalue weighted by Crippen LogP contribution is 2.19. The molecule has 7 heteroatoms. The molecule has 1 aromatic carbocycles. The zero-order valence-electron chi connectivity index (χ0n) is 10.3. The van der Waals surface area contributed by atoms with Crippen LogP contribution in [0.3, 0.4) is 0 Å². The number of nitrogens with one attached hydrogen (secondary N) is 2. The zero-order chi connectivity index (χ0) is 14.5. The SMILES string of the molecule is O=C(NCC(O)c1ccsc1)Nc1ccc(F)c(Cl)c1. The molecule has 2 amide bonds. The van der Waals surface area contributed by atoms with Crippen LogP contribution in [-0.4, -0.2) is 17.7 Å². The van der Waals surface area contributed by atoms with E-state index in [-0.39, 0.29) is 11.6 Å². The Hall–Kier alpha value is -1.63. The van der Waals surface area contributed by atoms with Crippen molar-refractivity contribution in [2.45, 2.75) is 6.10 Å². The van der Waals surface area contributed by atoms with Crippen LogP contribution in [0, 0.1) is 5.82 Å². The quantitative estimate of drug-likeness (QED) is 0.810. The van der Waals surface area contributed by atoms with Crippen LogP contribution >= 0.6 is 22.9 Å². The van der Waals surface area contributed by atoms with Gasteiger partial charge in [0.2, 0.25) is 0 Å². The Morgan fingerprint density at radius 3 is 2.90 bits per heavy atom. The van der Waals surface area contributed by atoms with Gasteiger partial charge in [-0.05, 0) is 40.6 Å². The fourth-order valence-corrected chi connectivity index (χ4v) is 2.41. The topological polar surface area (TPSA) is 61.4 Å². The fourth-order valence-electron chi connectivity index (χ4n) is 1.52. The van der Waals surface area contributed by atoms with Crippen molar-refractivity contribution in [3.8, 4) is 0 Å². The molecule has 0 aliphatic carbocycles. The monoisotopic (exact) mass is 314 g/mol. The van der Waals surface area contributed by atoms with Gasteiger partial charge in [0.15, 0.2) is 0 Å². The summed E-state index contributed by atoms with van der Waals surface area (Å²) >= 11 is 7.08. The maximum Gasteiger partial charge on any atom is 0.319 e. The number of carbonyl (C=O) groups excluding carboxylic acids is 1. The van der Waals surface area contributed by atoms with E-state index in [2.05, 4.69) is 10.6 Å². The summed E-state index contributed by atoms with van der Waals surface area (Å²) in [6.45, 7) is 0.0808. The lowest BCUT2D eigenvalue weighted by atomic mass is 10.2. The van der Waals surface area contributed by atoms with Gasteiger partial charge in [-0.2, -0.15) is 11.3 Å². The van der Waals surface area contributed by atoms with Gasteiger partial charge in [0.05, 0.1) is 11.1 Å². The summed E-state index contributed by atoms with van der Waals surface area (Å²) in [7, 11) is 0. The highest BCUT2D eigenvalue weighted by Gasteiger charge is 2.10. The molecule has 2 aromatic rings. The van der Waals surface area contributed by atoms with Crippen LogP contribution in [0.1, 0.15) is 11.7 Å². The maximum atomic E-state index is 13.0. The van der Waals surface area contributed by atoms with Gasteiger partial charge in [-0.1, -0.05) is 11.6 Å². The van der Waals surface area contributed by atoms with Crippen molar-refractivity contribution in [3.05, 3.63) is 51.4 Å². The van der Waals surface area contributed by atoms with E-state index in [1.807, 2.05) is 10.8 Å². The molecule has 1 aromatic heterocycles. The number of carbonyl (C=O) groups is 1. The van der Waals surface area contributed by atoms with Gasteiger partial charge >= 0.3 is 6.03 Å². The molecule has 4 nitrogen and oxygen atoms in total. The third-order valence-corrected chi connectivity index (χ3v) is 3.55. The summed E-state index contributed by atoms with van der Waals surface area (Å²) in [6.07, 6.45) is -0.760. The second-order valence-electron chi connectivity index (χ2n) is 4.04. The predicted octanol–water partition coefficient (Wildman–Crippen LogP) is 3.40. The summed E-state index contributed by atoms with van der Waals surface area (Å²) in [4.78, 5) is 11.6. The first-order valence-electron chi connectivity index (χ1n) is 5.76. The number of rotatable bonds is 4. The average Bonchev–Trinajstić information content (AvgIpc) is 2.94. The Morgan fingerprint density at radius 2 is 2.25 bits per heavy atom. The first-order chi connectivity index (χ1) is 9.56. The lowest BCUT2D eigenvalue weighted by Crippen LogP contribution is -2.32. The van der Waals surface area contributed by atoms with Gasteiger partial charge in [0.25, 0.3) is 0 Å². The molecule has 106 valence electrons. The molecule has 0 spiro atoms. The average molecular weight is 315 g/mol. The third-order valence-electron chi connectivity index (χ3n) is 2.56. The molecule has 0 bridgehead atoms. The van der Waals surface area contributed by atoms with E-state index in [1.165, 1.54) is 23.5 Å². The molecule has 20 heavy (non-hydrogen) atoms. The Balaban J connectivity index is 1.85. The normalized spacial score (nSPS) is 11.9. The number of aliphatic hydroxyl groups is 1. The molecule has 0 saturated heterocycles. The summed E-state index contributed by atoms with van der Waals surface area (Å²) in [5, 5.41) is 18.4. The Labute approximate surface area is 124 Å². The molecule has 0 radical (unpaired) electrons. The summed E-state index contributed by atoms with van der Waals surface area (Å²) < 4.78 is 13.0. The van der Waals surface area contributed by atoms with Crippen LogP contribution in [0.25, 0.3) is 0 Å². The lowest BCUT2D eigenvalue weighted by Gasteiger charge is -2.11. The van der Waals surface area contributed by atoms with Crippen LogP contribution in [-0.2, 0) is 0 Å². The third kappa shape index (κ3) is 3.93. The molecule has 0 fully saturated rings. The maximum absolute atomic E-state index is 13.0. The number of hydrogen-bond donors (Lipinski definition) is 3. The number of aliphatic hydroxyl groups excluding tert-OH is 1. The number of urea groups is 1. The minimum atomic E-state index is -0.760. The molecule has 1 unspecified atom stereocenters. The smallest absolute Gasteiger partial charge is 0.319 e. The van der Waals surface area contributed by atoms with Crippen molar-refractivity contribution in [3.63, 3.8) is 0 Å². The Bertz CT molecular complexity index is 592. The van der Waals surface area contributed by atoms with Gasteiger partial charge in [-0.3, -0.25) is 0 Å². The molecule has 0 aliphatic heterocycles. The molecule has 1 atom stereocenters. The van der Waals surface area contributed by atoms with Gasteiger partial charge in [0, 0.05) is 12.2 Å². The molecule has 0 saturated carbocycles. The van der Waals surface area contributed by atoms with Crippen LogP contribution in [0.4, 0.5) is 14.9 Å². The predicted molar refractivity (Wildman–Crippen MR) is 77.7 cm³/mol. The number of thiophene rings is 1. The van der Waals surface area contributed by atoms with Crippen LogP contribution < -0.4 is 10.6 Å². The van der Waals surface area contributed by atoms with E-state index in [9.17, 15) is 14.3 Å². The van der Waals surface area contributed by atoms with E-state index in [0.29, 0.717) is 5.69 Å². The molecule has 3 N–H and O–H groups in total. The van der Waals surface area contributed by atoms with E-state index in [1.54, 1.807) is 6.07 Å². The van der Waals surface area contributed by atoms with E-state index >= 15 is 0 Å². The van der Waals surface area contributed by atoms with Crippen molar-refractivity contribution in [2.75, 3.05) is 11.9 Å². The van der Waals surface area contributed by atoms with Gasteiger partial charge in [-0.25, -0.2) is 9.18 Å². The van der Waals surface area contributed by atoms with Crippen LogP contribution in [0.5, 0.6) is 0 Å². The second kappa shape index (κ2) is 6.69. The minimum Gasteiger partial charge on any atom is -0.387 e. The number of halogens is 2. The van der Waals surface area contributed by atoms with Crippen molar-refractivity contribution in [1.82, 2.24) is 5.32 Å². The number of benzene rings is 1. The first-order valence-corrected chi connectivity index (χ1v) is 7.08. The highest BCUT2D eigenvalue weighted by atomic mass is 35.5. The second-order valence-corrected chi connectivity index (χ2v) is 5.22. The molecular formula is C13H12ClFN2O2S. The summed E-state index contributed by atoms with van der Waals surface area (Å²) in [6, 6.07) is 5.16. The highest BCUT2D eigenvalue weighted by molar-refractivity contribution is 7.07. The van der Waals surface area contributed by atoms with Gasteiger partial charge in [0.1, 0.15) is 5.82 Å². The molecule has 0 aliphatic rings. The molecular weight excluding hydrogens is 303 g/mol. The van der Waals surface area contributed by atoms with E-state index < -0.39 is 18.0 Å². The zero-order valence-corrected chi connectivity index (χ0v) is 11.8. The minimum absolute atomic E-state index is 0.0684. The van der Waals surface area contributed by atoms with E-state index in [4.69, 9.17) is 11.6 Å². The first kappa shape index (κ1) is 14.8. The lowest BCUT2D eigenvalue weighted by molar-refractivity contribution is 0.175. The summed E-state index contributed by atoms with van der Waals surface area (Å²) in [5.74, 6) is -0.550. The van der Waals surface area contributed by atoms with Crippen LogP contribution in [0.15, 0.2) is 35.0 Å². The molecule has 1 heterocycles. The van der Waals surface area contributed by atoms with Gasteiger partial charge in [-0.15, -0.1) is 0 Å². The van der Waals surface area contributed by atoms with Crippen molar-refractivity contribution < 1.29 is 14.3 Å². The Kier molecular flexibility index (Phi) is 4.94. The number of anilines is 1. The summed E-state index contributed by atoms with van der Waals surface area (Å²) in [5.41, 5.74) is 1.12. The Morgan fingerprint density at radius 1 is 1.45 bits per heavy atom. The number of amides is 2. The fraction of sp³-hybridized carbons (Fsp3) is 0.154. The standard InChI is InChI=1S/C13H12ClFN2O2S/c14-10-5-9(1-2-11(10)15)17-13(19)16-6-12(18)8-3-4-20-7-8/h1-5,7,12,18H,6H2,(H2,16,17,19). The largest absolute Gasteiger partial charge is 0.387 e. The molecule has 2 rings (SSSR count).